The molecule has 0 bridgehead atoms. The highest BCUT2D eigenvalue weighted by atomic mass is 32.2. The van der Waals surface area contributed by atoms with Gasteiger partial charge < -0.3 is 4.90 Å². The van der Waals surface area contributed by atoms with Crippen LogP contribution in [0.2, 0.25) is 0 Å². The summed E-state index contributed by atoms with van der Waals surface area (Å²) in [6.45, 7) is 3.94. The average molecular weight is 362 g/mol. The van der Waals surface area contributed by atoms with Crippen molar-refractivity contribution in [2.75, 3.05) is 25.4 Å². The highest BCUT2D eigenvalue weighted by Gasteiger charge is 2.32. The molecule has 0 aromatic rings. The zero-order chi connectivity index (χ0) is 16.3. The van der Waals surface area contributed by atoms with Crippen LogP contribution in [-0.4, -0.2) is 58.4 Å². The lowest BCUT2D eigenvalue weighted by molar-refractivity contribution is -0.122. The molecule has 0 unspecified atom stereocenters. The number of thiocarbonyl (C=S) groups is 1. The van der Waals surface area contributed by atoms with E-state index in [-0.39, 0.29) is 12.5 Å². The third kappa shape index (κ3) is 4.31. The number of allylic oxidation sites excluding steroid dienone is 3. The third-order valence-electron chi connectivity index (χ3n) is 3.52. The molecular formula is C13H18N2O4S3. The first-order valence-corrected chi connectivity index (χ1v) is 9.80. The van der Waals surface area contributed by atoms with Gasteiger partial charge in [-0.05, 0) is 31.9 Å². The second-order valence-electron chi connectivity index (χ2n) is 4.98. The second-order valence-corrected chi connectivity index (χ2v) is 8.23. The normalized spacial score (nSPS) is 23.4. The largest absolute Gasteiger partial charge is 0.375 e. The van der Waals surface area contributed by atoms with Crippen molar-refractivity contribution in [1.82, 2.24) is 9.80 Å². The number of rotatable bonds is 5. The molecule has 2 aliphatic heterocycles. The maximum absolute atomic E-state index is 12.2. The lowest BCUT2D eigenvalue weighted by atomic mass is 10.3. The summed E-state index contributed by atoms with van der Waals surface area (Å²) in [7, 11) is -4.11. The van der Waals surface area contributed by atoms with E-state index in [2.05, 4.69) is 11.8 Å². The molecule has 2 aliphatic rings. The number of likely N-dealkylation sites (tertiary alicyclic amines) is 1. The van der Waals surface area contributed by atoms with Crippen molar-refractivity contribution < 1.29 is 17.8 Å². The summed E-state index contributed by atoms with van der Waals surface area (Å²) < 4.78 is 30.7. The summed E-state index contributed by atoms with van der Waals surface area (Å²) in [4.78, 5) is 16.2. The van der Waals surface area contributed by atoms with Crippen LogP contribution >= 0.6 is 24.0 Å². The molecule has 0 radical (unpaired) electrons. The molecule has 6 nitrogen and oxygen atoms in total. The number of carbonyl (C=O) groups is 1. The van der Waals surface area contributed by atoms with E-state index in [1.54, 1.807) is 6.08 Å². The van der Waals surface area contributed by atoms with Crippen LogP contribution in [-0.2, 0) is 14.9 Å². The number of amides is 1. The topological polar surface area (TPSA) is 77.9 Å². The molecular weight excluding hydrogens is 344 g/mol. The van der Waals surface area contributed by atoms with Crippen molar-refractivity contribution in [2.45, 2.75) is 19.8 Å². The van der Waals surface area contributed by atoms with Gasteiger partial charge in [0.25, 0.3) is 16.0 Å². The number of hydrogen-bond donors (Lipinski definition) is 1. The molecule has 1 amide bonds. The third-order valence-corrected chi connectivity index (χ3v) is 5.62. The zero-order valence-electron chi connectivity index (χ0n) is 12.2. The van der Waals surface area contributed by atoms with E-state index in [1.807, 2.05) is 6.08 Å². The molecule has 0 aromatic carbocycles. The fraction of sp³-hybridized carbons (Fsp3) is 0.538. The number of hydrogen-bond acceptors (Lipinski definition) is 6. The highest BCUT2D eigenvalue weighted by molar-refractivity contribution is 8.26. The van der Waals surface area contributed by atoms with Crippen molar-refractivity contribution >= 4 is 44.3 Å². The van der Waals surface area contributed by atoms with Crippen molar-refractivity contribution in [2.24, 2.45) is 0 Å². The van der Waals surface area contributed by atoms with Gasteiger partial charge in [0.15, 0.2) is 0 Å². The standard InChI is InChI=1S/C13H18N2O4S3/c1-2-14-7-3-4-10(14)5-6-11-12(16)15(13(20)21-11)8-9-22(17,18)19/h5-6H,2-4,7-9H2,1H3,(H,17,18,19)/b10-5+,11-6+. The van der Waals surface area contributed by atoms with E-state index >= 15 is 0 Å². The monoisotopic (exact) mass is 362 g/mol. The van der Waals surface area contributed by atoms with E-state index in [0.717, 1.165) is 37.7 Å². The van der Waals surface area contributed by atoms with Gasteiger partial charge in [0.05, 0.1) is 10.7 Å². The molecule has 122 valence electrons. The van der Waals surface area contributed by atoms with Gasteiger partial charge >= 0.3 is 0 Å². The first kappa shape index (κ1) is 17.5. The number of nitrogens with zero attached hydrogens (tertiary/aromatic N) is 2. The van der Waals surface area contributed by atoms with Gasteiger partial charge in [-0.25, -0.2) is 0 Å². The zero-order valence-corrected chi connectivity index (χ0v) is 14.6. The Morgan fingerprint density at radius 2 is 2.14 bits per heavy atom. The molecule has 0 aromatic heterocycles. The lowest BCUT2D eigenvalue weighted by Gasteiger charge is -2.16. The predicted molar refractivity (Wildman–Crippen MR) is 91.0 cm³/mol. The van der Waals surface area contributed by atoms with Crippen molar-refractivity contribution in [3.8, 4) is 0 Å². The summed E-state index contributed by atoms with van der Waals surface area (Å²) >= 11 is 6.25. The maximum Gasteiger partial charge on any atom is 0.266 e. The van der Waals surface area contributed by atoms with E-state index in [0.29, 0.717) is 9.23 Å². The van der Waals surface area contributed by atoms with Gasteiger partial charge in [0, 0.05) is 25.3 Å². The van der Waals surface area contributed by atoms with E-state index in [1.165, 1.54) is 10.6 Å². The SMILES string of the molecule is CCN1CCC/C1=C\C=C1\SC(=S)N(CCS(=O)(=O)O)C1=O. The quantitative estimate of drug-likeness (QED) is 0.452. The van der Waals surface area contributed by atoms with Crippen molar-refractivity contribution in [1.29, 1.82) is 0 Å². The smallest absolute Gasteiger partial charge is 0.266 e. The Labute approximate surface area is 140 Å². The van der Waals surface area contributed by atoms with Crippen molar-refractivity contribution in [3.63, 3.8) is 0 Å². The van der Waals surface area contributed by atoms with Gasteiger partial charge in [0.1, 0.15) is 4.32 Å². The predicted octanol–water partition coefficient (Wildman–Crippen LogP) is 1.62. The highest BCUT2D eigenvalue weighted by Crippen LogP contribution is 2.31. The van der Waals surface area contributed by atoms with Gasteiger partial charge in [0.2, 0.25) is 0 Å². The van der Waals surface area contributed by atoms with E-state index in [4.69, 9.17) is 16.8 Å². The van der Waals surface area contributed by atoms with Crippen LogP contribution in [0.15, 0.2) is 22.8 Å². The summed E-state index contributed by atoms with van der Waals surface area (Å²) in [6.07, 6.45) is 5.79. The molecule has 1 N–H and O–H groups in total. The van der Waals surface area contributed by atoms with Crippen molar-refractivity contribution in [3.05, 3.63) is 22.8 Å². The minimum Gasteiger partial charge on any atom is -0.375 e. The van der Waals surface area contributed by atoms with Crippen LogP contribution in [0.3, 0.4) is 0 Å². The van der Waals surface area contributed by atoms with Gasteiger partial charge in [-0.15, -0.1) is 0 Å². The molecule has 0 atom stereocenters. The number of carbonyl (C=O) groups excluding carboxylic acids is 1. The fourth-order valence-corrected chi connectivity index (χ4v) is 4.05. The minimum atomic E-state index is -4.11. The summed E-state index contributed by atoms with van der Waals surface area (Å²) in [5.41, 5.74) is 1.20. The Morgan fingerprint density at radius 1 is 1.41 bits per heavy atom. The molecule has 22 heavy (non-hydrogen) atoms. The fourth-order valence-electron chi connectivity index (χ4n) is 2.39. The second kappa shape index (κ2) is 7.12. The first-order chi connectivity index (χ1) is 10.3. The molecule has 2 rings (SSSR count). The molecule has 0 aliphatic carbocycles. The molecule has 9 heteroatoms. The summed E-state index contributed by atoms with van der Waals surface area (Å²) in [6, 6.07) is 0. The molecule has 0 spiro atoms. The maximum atomic E-state index is 12.2. The minimum absolute atomic E-state index is 0.126. The summed E-state index contributed by atoms with van der Waals surface area (Å²) in [5.74, 6) is -0.825. The van der Waals surface area contributed by atoms with E-state index in [9.17, 15) is 13.2 Å². The lowest BCUT2D eigenvalue weighted by Crippen LogP contribution is -2.32. The van der Waals surface area contributed by atoms with E-state index < -0.39 is 15.9 Å². The van der Waals surface area contributed by atoms with Gasteiger partial charge in [-0.3, -0.25) is 14.2 Å². The Hall–Kier alpha value is -0.900. The van der Waals surface area contributed by atoms with Crippen LogP contribution < -0.4 is 0 Å². The molecule has 0 saturated carbocycles. The molecule has 2 fully saturated rings. The van der Waals surface area contributed by atoms with Gasteiger partial charge in [-0.2, -0.15) is 8.42 Å². The Kier molecular flexibility index (Phi) is 5.65. The van der Waals surface area contributed by atoms with Crippen LogP contribution in [0, 0.1) is 0 Å². The molecule has 2 heterocycles. The first-order valence-electron chi connectivity index (χ1n) is 6.96. The Bertz CT molecular complexity index is 640. The number of thioether (sulfide) groups is 1. The van der Waals surface area contributed by atoms with Crippen LogP contribution in [0.25, 0.3) is 0 Å². The van der Waals surface area contributed by atoms with Gasteiger partial charge in [-0.1, -0.05) is 24.0 Å². The Morgan fingerprint density at radius 3 is 2.77 bits per heavy atom. The van der Waals surface area contributed by atoms with Crippen LogP contribution in [0.5, 0.6) is 0 Å². The van der Waals surface area contributed by atoms with Crippen LogP contribution in [0.1, 0.15) is 19.8 Å². The molecule has 2 saturated heterocycles. The Balaban J connectivity index is 2.07. The van der Waals surface area contributed by atoms with Crippen LogP contribution in [0.4, 0.5) is 0 Å². The summed E-state index contributed by atoms with van der Waals surface area (Å²) in [5, 5.41) is 0. The average Bonchev–Trinajstić information content (AvgIpc) is 2.98.